The molecule has 0 aliphatic rings. The Hall–Kier alpha value is -3.84. The van der Waals surface area contributed by atoms with Crippen molar-refractivity contribution in [1.29, 1.82) is 0 Å². The number of furan rings is 1. The summed E-state index contributed by atoms with van der Waals surface area (Å²) in [6, 6.07) is 19.5. The molecule has 3 aromatic heterocycles. The average Bonchev–Trinajstić information content (AvgIpc) is 3.53. The summed E-state index contributed by atoms with van der Waals surface area (Å²) in [5.41, 5.74) is 6.19. The maximum absolute atomic E-state index is 13.2. The number of benzene rings is 2. The lowest BCUT2D eigenvalue weighted by Crippen LogP contribution is -2.17. The van der Waals surface area contributed by atoms with Crippen molar-refractivity contribution >= 4 is 33.5 Å². The minimum Gasteiger partial charge on any atom is -0.497 e. The molecule has 1 amide bonds. The van der Waals surface area contributed by atoms with Crippen molar-refractivity contribution in [2.45, 2.75) is 13.5 Å². The molecule has 0 saturated carbocycles. The molecular formula is C25H21N3O3S. The third-order valence-electron chi connectivity index (χ3n) is 5.46. The Labute approximate surface area is 189 Å². The molecule has 0 fully saturated rings. The van der Waals surface area contributed by atoms with E-state index in [-0.39, 0.29) is 5.91 Å². The van der Waals surface area contributed by atoms with Crippen LogP contribution in [0.5, 0.6) is 5.75 Å². The number of aromatic nitrogens is 2. The summed E-state index contributed by atoms with van der Waals surface area (Å²) < 4.78 is 12.8. The topological polar surface area (TPSA) is 69.3 Å². The quantitative estimate of drug-likeness (QED) is 0.351. The lowest BCUT2D eigenvalue weighted by Gasteiger charge is -2.11. The van der Waals surface area contributed by atoms with E-state index in [0.29, 0.717) is 23.0 Å². The highest BCUT2D eigenvalue weighted by molar-refractivity contribution is 7.14. The van der Waals surface area contributed by atoms with E-state index >= 15 is 0 Å². The first-order valence-electron chi connectivity index (χ1n) is 10.1. The standard InChI is InChI=1S/C25H21N3O3S/c1-16-5-3-4-6-18(16)14-28-21-11-12-31-23(21)13-22(28)24(29)27-25-26-20(15-32-25)17-7-9-19(30-2)10-8-17/h3-13,15H,14H2,1-2H3,(H,26,27,29). The first kappa shape index (κ1) is 20.1. The van der Waals surface area contributed by atoms with Crippen LogP contribution in [0.4, 0.5) is 5.13 Å². The number of nitrogens with zero attached hydrogens (tertiary/aromatic N) is 2. The summed E-state index contributed by atoms with van der Waals surface area (Å²) in [5.74, 6) is 0.567. The predicted octanol–water partition coefficient (Wildman–Crippen LogP) is 5.98. The Morgan fingerprint density at radius 1 is 1.16 bits per heavy atom. The molecule has 0 atom stereocenters. The minimum atomic E-state index is -0.222. The minimum absolute atomic E-state index is 0.222. The molecule has 7 heteroatoms. The van der Waals surface area contributed by atoms with Crippen molar-refractivity contribution in [3.63, 3.8) is 0 Å². The van der Waals surface area contributed by atoms with Gasteiger partial charge in [-0.05, 0) is 42.3 Å². The van der Waals surface area contributed by atoms with Gasteiger partial charge in [-0.2, -0.15) is 0 Å². The molecule has 0 saturated heterocycles. The smallest absolute Gasteiger partial charge is 0.274 e. The molecule has 1 N–H and O–H groups in total. The molecule has 5 rings (SSSR count). The van der Waals surface area contributed by atoms with Crippen molar-refractivity contribution in [3.05, 3.63) is 89.1 Å². The SMILES string of the molecule is COc1ccc(-c2csc(NC(=O)c3cc4occc4n3Cc3ccccc3C)n2)cc1. The van der Waals surface area contributed by atoms with E-state index in [0.717, 1.165) is 28.1 Å². The maximum atomic E-state index is 13.2. The highest BCUT2D eigenvalue weighted by Gasteiger charge is 2.19. The van der Waals surface area contributed by atoms with Gasteiger partial charge in [-0.15, -0.1) is 11.3 Å². The van der Waals surface area contributed by atoms with Crippen molar-refractivity contribution in [2.24, 2.45) is 0 Å². The normalized spacial score (nSPS) is 11.1. The molecule has 0 aliphatic carbocycles. The molecule has 0 aliphatic heterocycles. The second-order valence-corrected chi connectivity index (χ2v) is 8.29. The van der Waals surface area contributed by atoms with E-state index in [1.807, 2.05) is 52.4 Å². The number of amides is 1. The lowest BCUT2D eigenvalue weighted by atomic mass is 10.1. The van der Waals surface area contributed by atoms with Crippen molar-refractivity contribution in [1.82, 2.24) is 9.55 Å². The van der Waals surface area contributed by atoms with Crippen LogP contribution in [0.25, 0.3) is 22.4 Å². The van der Waals surface area contributed by atoms with Crippen molar-refractivity contribution in [2.75, 3.05) is 12.4 Å². The number of hydrogen-bond acceptors (Lipinski definition) is 5. The maximum Gasteiger partial charge on any atom is 0.274 e. The van der Waals surface area contributed by atoms with Crippen LogP contribution in [0.3, 0.4) is 0 Å². The van der Waals surface area contributed by atoms with Crippen LogP contribution in [0.1, 0.15) is 21.6 Å². The number of nitrogens with one attached hydrogen (secondary N) is 1. The molecule has 3 heterocycles. The fourth-order valence-electron chi connectivity index (χ4n) is 3.68. The molecule has 5 aromatic rings. The van der Waals surface area contributed by atoms with Crippen LogP contribution in [-0.2, 0) is 6.54 Å². The van der Waals surface area contributed by atoms with Gasteiger partial charge in [0.15, 0.2) is 10.7 Å². The molecule has 0 radical (unpaired) electrons. The molecular weight excluding hydrogens is 422 g/mol. The highest BCUT2D eigenvalue weighted by Crippen LogP contribution is 2.28. The monoisotopic (exact) mass is 443 g/mol. The van der Waals surface area contributed by atoms with E-state index in [2.05, 4.69) is 29.4 Å². The molecule has 160 valence electrons. The van der Waals surface area contributed by atoms with Gasteiger partial charge >= 0.3 is 0 Å². The van der Waals surface area contributed by atoms with Gasteiger partial charge < -0.3 is 13.7 Å². The third-order valence-corrected chi connectivity index (χ3v) is 6.21. The second-order valence-electron chi connectivity index (χ2n) is 7.43. The van der Waals surface area contributed by atoms with Crippen LogP contribution in [0, 0.1) is 6.92 Å². The van der Waals surface area contributed by atoms with E-state index in [9.17, 15) is 4.79 Å². The highest BCUT2D eigenvalue weighted by atomic mass is 32.1. The van der Waals surface area contributed by atoms with Gasteiger partial charge in [0.1, 0.15) is 11.4 Å². The first-order valence-corrected chi connectivity index (χ1v) is 11.0. The first-order chi connectivity index (χ1) is 15.6. The number of ether oxygens (including phenoxy) is 1. The van der Waals surface area contributed by atoms with Gasteiger partial charge in [0.05, 0.1) is 24.6 Å². The number of rotatable bonds is 6. The van der Waals surface area contributed by atoms with Crippen LogP contribution in [-0.4, -0.2) is 22.6 Å². The largest absolute Gasteiger partial charge is 0.497 e. The number of aryl methyl sites for hydroxylation is 1. The Morgan fingerprint density at radius 3 is 2.75 bits per heavy atom. The summed E-state index contributed by atoms with van der Waals surface area (Å²) in [6.07, 6.45) is 1.64. The Bertz CT molecular complexity index is 1400. The molecule has 0 bridgehead atoms. The molecule has 6 nitrogen and oxygen atoms in total. The number of fused-ring (bicyclic) bond motifs is 1. The van der Waals surface area contributed by atoms with E-state index < -0.39 is 0 Å². The lowest BCUT2D eigenvalue weighted by molar-refractivity contribution is 0.101. The van der Waals surface area contributed by atoms with Gasteiger partial charge in [-0.25, -0.2) is 4.98 Å². The molecule has 0 unspecified atom stereocenters. The predicted molar refractivity (Wildman–Crippen MR) is 127 cm³/mol. The van der Waals surface area contributed by atoms with E-state index in [1.165, 1.54) is 16.9 Å². The van der Waals surface area contributed by atoms with E-state index in [4.69, 9.17) is 9.15 Å². The summed E-state index contributed by atoms with van der Waals surface area (Å²) in [6.45, 7) is 2.65. The van der Waals surface area contributed by atoms with Crippen LogP contribution >= 0.6 is 11.3 Å². The number of carbonyl (C=O) groups is 1. The number of hydrogen-bond donors (Lipinski definition) is 1. The Balaban J connectivity index is 1.41. The third kappa shape index (κ3) is 3.78. The van der Waals surface area contributed by atoms with Crippen LogP contribution in [0.2, 0.25) is 0 Å². The van der Waals surface area contributed by atoms with Crippen molar-refractivity contribution < 1.29 is 13.9 Å². The van der Waals surface area contributed by atoms with Gasteiger partial charge in [-0.1, -0.05) is 24.3 Å². The summed E-state index contributed by atoms with van der Waals surface area (Å²) in [7, 11) is 1.64. The number of anilines is 1. The number of carbonyl (C=O) groups excluding carboxylic acids is 1. The molecule has 32 heavy (non-hydrogen) atoms. The number of methoxy groups -OCH3 is 1. The zero-order valence-electron chi connectivity index (χ0n) is 17.7. The van der Waals surface area contributed by atoms with Gasteiger partial charge in [0, 0.05) is 29.6 Å². The zero-order chi connectivity index (χ0) is 22.1. The van der Waals surface area contributed by atoms with Gasteiger partial charge in [0.25, 0.3) is 5.91 Å². The zero-order valence-corrected chi connectivity index (χ0v) is 18.5. The summed E-state index contributed by atoms with van der Waals surface area (Å²) in [4.78, 5) is 17.8. The van der Waals surface area contributed by atoms with Crippen molar-refractivity contribution in [3.8, 4) is 17.0 Å². The van der Waals surface area contributed by atoms with Crippen LogP contribution < -0.4 is 10.1 Å². The van der Waals surface area contributed by atoms with Gasteiger partial charge in [-0.3, -0.25) is 10.1 Å². The Morgan fingerprint density at radius 2 is 1.97 bits per heavy atom. The summed E-state index contributed by atoms with van der Waals surface area (Å²) >= 11 is 1.39. The van der Waals surface area contributed by atoms with Gasteiger partial charge in [0.2, 0.25) is 0 Å². The fourth-order valence-corrected chi connectivity index (χ4v) is 4.39. The fraction of sp³-hybridized carbons (Fsp3) is 0.120. The average molecular weight is 444 g/mol. The van der Waals surface area contributed by atoms with E-state index in [1.54, 1.807) is 19.4 Å². The summed E-state index contributed by atoms with van der Waals surface area (Å²) in [5, 5.41) is 5.41. The molecule has 2 aromatic carbocycles. The molecule has 0 spiro atoms. The Kier molecular flexibility index (Phi) is 5.25. The number of thiazole rings is 1. The second kappa shape index (κ2) is 8.36. The van der Waals surface area contributed by atoms with Crippen LogP contribution in [0.15, 0.2) is 76.7 Å².